The summed E-state index contributed by atoms with van der Waals surface area (Å²) in [5.74, 6) is 2.10. The molecule has 6 nitrogen and oxygen atoms in total. The summed E-state index contributed by atoms with van der Waals surface area (Å²) >= 11 is 6.29. The predicted molar refractivity (Wildman–Crippen MR) is 75.9 cm³/mol. The normalized spacial score (nSPS) is 11.5. The molecule has 0 fully saturated rings. The Morgan fingerprint density at radius 1 is 1.39 bits per heavy atom. The zero-order valence-electron chi connectivity index (χ0n) is 11.1. The van der Waals surface area contributed by atoms with Crippen LogP contribution >= 0.6 is 23.4 Å². The maximum Gasteiger partial charge on any atom is 0.453 e. The molecule has 23 heavy (non-hydrogen) atoms. The number of carbonyl (C=O) groups is 1. The first-order chi connectivity index (χ1) is 10.7. The summed E-state index contributed by atoms with van der Waals surface area (Å²) in [6.45, 7) is 0. The van der Waals surface area contributed by atoms with Crippen LogP contribution in [-0.4, -0.2) is 26.5 Å². The Labute approximate surface area is 136 Å². The summed E-state index contributed by atoms with van der Waals surface area (Å²) in [7, 11) is 0. The van der Waals surface area contributed by atoms with Gasteiger partial charge < -0.3 is 11.2 Å². The van der Waals surface area contributed by atoms with Crippen LogP contribution in [0.4, 0.5) is 23.2 Å². The van der Waals surface area contributed by atoms with E-state index >= 15 is 0 Å². The van der Waals surface area contributed by atoms with Crippen molar-refractivity contribution >= 4 is 35.0 Å². The number of carbonyl (C=O) groups excluding carboxylic acids is 1. The highest BCUT2D eigenvalue weighted by molar-refractivity contribution is 7.99. The second kappa shape index (κ2) is 6.62. The summed E-state index contributed by atoms with van der Waals surface area (Å²) in [5, 5.41) is 8.30. The molecule has 0 spiro atoms. The Hall–Kier alpha value is -2.01. The smallest absolute Gasteiger partial charge is 0.335 e. The monoisotopic (exact) mass is 369 g/mol. The van der Waals surface area contributed by atoms with Gasteiger partial charge in [0.15, 0.2) is 0 Å². The number of anilines is 1. The molecule has 0 aliphatic heterocycles. The maximum absolute atomic E-state index is 13.4. The molecule has 0 unspecified atom stereocenters. The van der Waals surface area contributed by atoms with Crippen LogP contribution in [0.25, 0.3) is 0 Å². The highest BCUT2D eigenvalue weighted by Crippen LogP contribution is 2.29. The number of nitrogen functional groups attached to an aromatic ring is 1. The molecule has 0 saturated carbocycles. The molecule has 2 aromatic rings. The SMILES string of the molecule is Nn1c(SCC(=O)Nc2cc(Cl)ccc2F)nnc1C(F)(F)F. The van der Waals surface area contributed by atoms with Crippen LogP contribution in [0.3, 0.4) is 0 Å². The van der Waals surface area contributed by atoms with Gasteiger partial charge in [-0.3, -0.25) is 4.79 Å². The van der Waals surface area contributed by atoms with E-state index in [1.165, 1.54) is 12.1 Å². The first-order valence-electron chi connectivity index (χ1n) is 5.84. The predicted octanol–water partition coefficient (Wildman–Crippen LogP) is 2.53. The molecule has 0 saturated heterocycles. The number of nitrogens with one attached hydrogen (secondary N) is 1. The second-order valence-corrected chi connectivity index (χ2v) is 5.51. The van der Waals surface area contributed by atoms with Crippen molar-refractivity contribution in [2.75, 3.05) is 16.9 Å². The number of alkyl halides is 3. The van der Waals surface area contributed by atoms with E-state index in [-0.39, 0.29) is 26.3 Å². The molecule has 0 atom stereocenters. The minimum atomic E-state index is -4.76. The van der Waals surface area contributed by atoms with Crippen LogP contribution in [0.2, 0.25) is 5.02 Å². The molecule has 0 bridgehead atoms. The zero-order valence-corrected chi connectivity index (χ0v) is 12.6. The number of aromatic nitrogens is 3. The molecular weight excluding hydrogens is 362 g/mol. The maximum atomic E-state index is 13.4. The summed E-state index contributed by atoms with van der Waals surface area (Å²) in [4.78, 5) is 11.7. The molecule has 1 aromatic heterocycles. The van der Waals surface area contributed by atoms with Crippen LogP contribution in [0, 0.1) is 5.82 Å². The van der Waals surface area contributed by atoms with Gasteiger partial charge >= 0.3 is 6.18 Å². The molecule has 0 aliphatic rings. The van der Waals surface area contributed by atoms with E-state index in [1.807, 2.05) is 0 Å². The van der Waals surface area contributed by atoms with Gasteiger partial charge in [-0.05, 0) is 18.2 Å². The summed E-state index contributed by atoms with van der Waals surface area (Å²) in [5.41, 5.74) is -0.145. The number of halogens is 5. The Morgan fingerprint density at radius 3 is 2.70 bits per heavy atom. The van der Waals surface area contributed by atoms with Crippen molar-refractivity contribution in [1.82, 2.24) is 14.9 Å². The highest BCUT2D eigenvalue weighted by Gasteiger charge is 2.38. The molecule has 1 aromatic carbocycles. The van der Waals surface area contributed by atoms with Gasteiger partial charge in [0.05, 0.1) is 11.4 Å². The lowest BCUT2D eigenvalue weighted by molar-refractivity contribution is -0.146. The number of hydrogen-bond donors (Lipinski definition) is 2. The average Bonchev–Trinajstić information content (AvgIpc) is 2.82. The molecule has 2 rings (SSSR count). The zero-order chi connectivity index (χ0) is 17.2. The van der Waals surface area contributed by atoms with E-state index in [9.17, 15) is 22.4 Å². The van der Waals surface area contributed by atoms with E-state index in [4.69, 9.17) is 17.4 Å². The molecule has 124 valence electrons. The van der Waals surface area contributed by atoms with E-state index in [2.05, 4.69) is 15.5 Å². The number of benzene rings is 1. The third-order valence-electron chi connectivity index (χ3n) is 2.45. The van der Waals surface area contributed by atoms with Gasteiger partial charge in [-0.1, -0.05) is 23.4 Å². The van der Waals surface area contributed by atoms with Crippen molar-refractivity contribution < 1.29 is 22.4 Å². The second-order valence-electron chi connectivity index (χ2n) is 4.13. The van der Waals surface area contributed by atoms with Gasteiger partial charge in [0, 0.05) is 5.02 Å². The summed E-state index contributed by atoms with van der Waals surface area (Å²) < 4.78 is 51.1. The topological polar surface area (TPSA) is 85.8 Å². The molecule has 1 amide bonds. The van der Waals surface area contributed by atoms with Crippen molar-refractivity contribution in [2.24, 2.45) is 0 Å². The Morgan fingerprint density at radius 2 is 2.09 bits per heavy atom. The Balaban J connectivity index is 2.00. The van der Waals surface area contributed by atoms with E-state index < -0.39 is 23.7 Å². The first kappa shape index (κ1) is 17.3. The summed E-state index contributed by atoms with van der Waals surface area (Å²) in [6.07, 6.45) is -4.76. The fourth-order valence-corrected chi connectivity index (χ4v) is 2.31. The molecule has 1 heterocycles. The lowest BCUT2D eigenvalue weighted by Crippen LogP contribution is -2.22. The van der Waals surface area contributed by atoms with Gasteiger partial charge in [-0.15, -0.1) is 10.2 Å². The van der Waals surface area contributed by atoms with Crippen LogP contribution in [-0.2, 0) is 11.0 Å². The van der Waals surface area contributed by atoms with Crippen LogP contribution in [0.5, 0.6) is 0 Å². The Kier molecular flexibility index (Phi) is 5.00. The van der Waals surface area contributed by atoms with Crippen molar-refractivity contribution in [3.05, 3.63) is 34.9 Å². The van der Waals surface area contributed by atoms with Crippen LogP contribution in [0.15, 0.2) is 23.4 Å². The van der Waals surface area contributed by atoms with Gasteiger partial charge in [0.2, 0.25) is 11.1 Å². The van der Waals surface area contributed by atoms with Gasteiger partial charge in [0.1, 0.15) is 5.82 Å². The van der Waals surface area contributed by atoms with E-state index in [1.54, 1.807) is 0 Å². The minimum Gasteiger partial charge on any atom is -0.335 e. The van der Waals surface area contributed by atoms with Crippen LogP contribution in [0.1, 0.15) is 5.82 Å². The lowest BCUT2D eigenvalue weighted by Gasteiger charge is -2.07. The minimum absolute atomic E-state index is 0.145. The molecule has 3 N–H and O–H groups in total. The number of amides is 1. The van der Waals surface area contributed by atoms with Gasteiger partial charge in [-0.25, -0.2) is 9.07 Å². The van der Waals surface area contributed by atoms with Gasteiger partial charge in [0.25, 0.3) is 5.82 Å². The third-order valence-corrected chi connectivity index (χ3v) is 3.63. The lowest BCUT2D eigenvalue weighted by atomic mass is 10.3. The number of hydrogen-bond acceptors (Lipinski definition) is 5. The fraction of sp³-hybridized carbons (Fsp3) is 0.182. The third kappa shape index (κ3) is 4.26. The molecule has 0 aliphatic carbocycles. The average molecular weight is 370 g/mol. The summed E-state index contributed by atoms with van der Waals surface area (Å²) in [6, 6.07) is 3.57. The largest absolute Gasteiger partial charge is 0.453 e. The van der Waals surface area contributed by atoms with Crippen LogP contribution < -0.4 is 11.2 Å². The van der Waals surface area contributed by atoms with Crippen molar-refractivity contribution in [1.29, 1.82) is 0 Å². The molecular formula is C11H8ClF4N5OS. The Bertz CT molecular complexity index is 736. The van der Waals surface area contributed by atoms with Crippen molar-refractivity contribution in [3.63, 3.8) is 0 Å². The number of nitrogens with two attached hydrogens (primary N) is 1. The molecule has 0 radical (unpaired) electrons. The number of rotatable bonds is 4. The van der Waals surface area contributed by atoms with E-state index in [0.29, 0.717) is 11.8 Å². The molecule has 12 heteroatoms. The number of nitrogens with zero attached hydrogens (tertiary/aromatic N) is 3. The van der Waals surface area contributed by atoms with Crippen molar-refractivity contribution in [3.8, 4) is 0 Å². The van der Waals surface area contributed by atoms with Crippen molar-refractivity contribution in [2.45, 2.75) is 11.3 Å². The van der Waals surface area contributed by atoms with E-state index in [0.717, 1.165) is 6.07 Å². The van der Waals surface area contributed by atoms with Gasteiger partial charge in [-0.2, -0.15) is 13.2 Å². The quantitative estimate of drug-likeness (QED) is 0.491. The first-order valence-corrected chi connectivity index (χ1v) is 7.20. The fourth-order valence-electron chi connectivity index (χ4n) is 1.48. The standard InChI is InChI=1S/C11H8ClF4N5OS/c12-5-1-2-6(13)7(3-5)18-8(22)4-23-10-20-19-9(21(10)17)11(14,15)16/h1-3H,4,17H2,(H,18,22). The number of thioether (sulfide) groups is 1. The highest BCUT2D eigenvalue weighted by atomic mass is 35.5.